The highest BCUT2D eigenvalue weighted by atomic mass is 127. The van der Waals surface area contributed by atoms with E-state index in [0.29, 0.717) is 22.2 Å². The Hall–Kier alpha value is -1.34. The van der Waals surface area contributed by atoms with E-state index in [2.05, 4.69) is 71.6 Å². The molecule has 33 heavy (non-hydrogen) atoms. The Morgan fingerprint density at radius 1 is 1.06 bits per heavy atom. The normalized spacial score (nSPS) is 11.3. The van der Waals surface area contributed by atoms with Crippen molar-refractivity contribution in [1.29, 1.82) is 0 Å². The number of ether oxygens (including phenoxy) is 1. The van der Waals surface area contributed by atoms with Crippen LogP contribution in [0.5, 0.6) is 5.75 Å². The molecule has 0 aliphatic carbocycles. The smallest absolute Gasteiger partial charge is 0.307 e. The van der Waals surface area contributed by atoms with Gasteiger partial charge in [-0.3, -0.25) is 4.79 Å². The van der Waals surface area contributed by atoms with Gasteiger partial charge in [-0.05, 0) is 105 Å². The number of nitrogens with zero attached hydrogens (tertiary/aromatic N) is 1. The predicted molar refractivity (Wildman–Crippen MR) is 152 cm³/mol. The summed E-state index contributed by atoms with van der Waals surface area (Å²) in [7, 11) is 0. The number of hydrogen-bond donors (Lipinski definition) is 1. The molecule has 0 saturated carbocycles. The van der Waals surface area contributed by atoms with Crippen LogP contribution in [0.4, 0.5) is 0 Å². The van der Waals surface area contributed by atoms with Gasteiger partial charge in [0.15, 0.2) is 5.76 Å². The monoisotopic (exact) mass is 768 g/mol. The second-order valence-corrected chi connectivity index (χ2v) is 10.9. The van der Waals surface area contributed by atoms with Crippen LogP contribution in [0.2, 0.25) is 10.0 Å². The Kier molecular flexibility index (Phi) is 8.21. The topological polar surface area (TPSA) is 63.8 Å². The molecule has 1 N–H and O–H groups in total. The minimum atomic E-state index is -0.425. The third-order valence-electron chi connectivity index (χ3n) is 4.47. The molecular formula is C23H13BrCl2I2N2O3. The van der Waals surface area contributed by atoms with E-state index in [-0.39, 0.29) is 5.76 Å². The van der Waals surface area contributed by atoms with E-state index in [9.17, 15) is 4.79 Å². The molecule has 0 aliphatic rings. The molecule has 0 bridgehead atoms. The largest absolute Gasteiger partial charge is 0.488 e. The van der Waals surface area contributed by atoms with Crippen molar-refractivity contribution in [3.05, 3.63) is 93.1 Å². The van der Waals surface area contributed by atoms with Gasteiger partial charge in [0.25, 0.3) is 0 Å². The average Bonchev–Trinajstić information content (AvgIpc) is 3.20. The average molecular weight is 770 g/mol. The highest BCUT2D eigenvalue weighted by Crippen LogP contribution is 2.29. The van der Waals surface area contributed by atoms with E-state index >= 15 is 0 Å². The van der Waals surface area contributed by atoms with Crippen molar-refractivity contribution in [1.82, 2.24) is 5.43 Å². The zero-order valence-corrected chi connectivity index (χ0v) is 24.0. The first kappa shape index (κ1) is 24.8. The first-order valence-corrected chi connectivity index (χ1v) is 13.1. The number of fused-ring (bicyclic) bond motifs is 1. The highest BCUT2D eigenvalue weighted by molar-refractivity contribution is 14.1. The molecule has 10 heteroatoms. The summed E-state index contributed by atoms with van der Waals surface area (Å²) in [6, 6.07) is 16.5. The van der Waals surface area contributed by atoms with Gasteiger partial charge in [0.1, 0.15) is 17.9 Å². The summed E-state index contributed by atoms with van der Waals surface area (Å²) in [4.78, 5) is 12.4. The van der Waals surface area contributed by atoms with Crippen LogP contribution in [-0.2, 0) is 6.61 Å². The molecule has 1 aromatic heterocycles. The van der Waals surface area contributed by atoms with Gasteiger partial charge in [-0.2, -0.15) is 5.10 Å². The van der Waals surface area contributed by atoms with Crippen molar-refractivity contribution < 1.29 is 13.9 Å². The molecule has 1 amide bonds. The number of carbonyl (C=O) groups excluding carboxylic acids is 1. The molecule has 0 unspecified atom stereocenters. The number of benzene rings is 3. The van der Waals surface area contributed by atoms with Gasteiger partial charge in [0.2, 0.25) is 0 Å². The molecule has 0 spiro atoms. The van der Waals surface area contributed by atoms with Gasteiger partial charge in [-0.25, -0.2) is 5.43 Å². The summed E-state index contributed by atoms with van der Waals surface area (Å²) in [5.41, 5.74) is 4.89. The van der Waals surface area contributed by atoms with Gasteiger partial charge >= 0.3 is 5.91 Å². The molecule has 0 atom stereocenters. The van der Waals surface area contributed by atoms with Crippen LogP contribution in [0.1, 0.15) is 21.7 Å². The maximum absolute atomic E-state index is 12.4. The van der Waals surface area contributed by atoms with Crippen LogP contribution in [0.15, 0.2) is 68.6 Å². The van der Waals surface area contributed by atoms with Crippen molar-refractivity contribution in [2.75, 3.05) is 0 Å². The SMILES string of the molecule is O=C(N/N=C\c1ccc(OCc2ccc(Cl)c(Cl)c2)c(I)c1)c1cc2cc(Br)cc(I)c2o1. The third-order valence-corrected chi connectivity index (χ3v) is 7.31. The Morgan fingerprint density at radius 2 is 1.88 bits per heavy atom. The summed E-state index contributed by atoms with van der Waals surface area (Å²) < 4.78 is 14.3. The standard InChI is InChI=1S/C23H13BrCl2I2N2O3/c24-15-7-14-8-21(33-22(14)19(28)9-15)23(31)30-29-10-12-2-4-20(18(27)6-12)32-11-13-1-3-16(25)17(26)5-13/h1-10H,11H2,(H,30,31)/b29-10-. The Balaban J connectivity index is 1.38. The molecule has 0 fully saturated rings. The van der Waals surface area contributed by atoms with Crippen molar-refractivity contribution in [3.63, 3.8) is 0 Å². The fourth-order valence-corrected chi connectivity index (χ4v) is 5.59. The van der Waals surface area contributed by atoms with Gasteiger partial charge in [-0.15, -0.1) is 0 Å². The number of rotatable bonds is 6. The first-order chi connectivity index (χ1) is 15.8. The molecule has 5 nitrogen and oxygen atoms in total. The summed E-state index contributed by atoms with van der Waals surface area (Å²) in [5.74, 6) is 0.496. The lowest BCUT2D eigenvalue weighted by atomic mass is 10.2. The van der Waals surface area contributed by atoms with Crippen LogP contribution in [0, 0.1) is 7.14 Å². The summed E-state index contributed by atoms with van der Waals surface area (Å²) in [6.45, 7) is 0.364. The molecule has 4 aromatic rings. The minimum absolute atomic E-state index is 0.193. The van der Waals surface area contributed by atoms with E-state index in [1.165, 1.54) is 0 Å². The molecular weight excluding hydrogens is 757 g/mol. The van der Waals surface area contributed by atoms with E-state index in [1.54, 1.807) is 24.4 Å². The fraction of sp³-hybridized carbons (Fsp3) is 0.0435. The number of nitrogens with one attached hydrogen (secondary N) is 1. The number of hydrogen-bond acceptors (Lipinski definition) is 4. The molecule has 0 saturated heterocycles. The van der Waals surface area contributed by atoms with Gasteiger partial charge in [-0.1, -0.05) is 45.2 Å². The van der Waals surface area contributed by atoms with Crippen LogP contribution in [-0.4, -0.2) is 12.1 Å². The second-order valence-electron chi connectivity index (χ2n) is 6.84. The molecule has 3 aromatic carbocycles. The third kappa shape index (κ3) is 6.21. The summed E-state index contributed by atoms with van der Waals surface area (Å²) in [6.07, 6.45) is 1.56. The van der Waals surface area contributed by atoms with Gasteiger partial charge in [0, 0.05) is 9.86 Å². The summed E-state index contributed by atoms with van der Waals surface area (Å²) >= 11 is 19.8. The Labute approximate surface area is 235 Å². The van der Waals surface area contributed by atoms with E-state index in [4.69, 9.17) is 32.4 Å². The Morgan fingerprint density at radius 3 is 2.64 bits per heavy atom. The Bertz CT molecular complexity index is 1390. The van der Waals surface area contributed by atoms with Crippen molar-refractivity contribution in [3.8, 4) is 5.75 Å². The lowest BCUT2D eigenvalue weighted by Gasteiger charge is -2.09. The molecule has 1 heterocycles. The number of halogens is 5. The molecule has 0 aliphatic heterocycles. The number of carbonyl (C=O) groups is 1. The lowest BCUT2D eigenvalue weighted by Crippen LogP contribution is -2.16. The quantitative estimate of drug-likeness (QED) is 0.123. The van der Waals surface area contributed by atoms with Gasteiger partial charge in [0.05, 0.1) is 23.4 Å². The number of furan rings is 1. The minimum Gasteiger partial charge on any atom is -0.488 e. The van der Waals surface area contributed by atoms with Crippen LogP contribution < -0.4 is 10.2 Å². The highest BCUT2D eigenvalue weighted by Gasteiger charge is 2.14. The van der Waals surface area contributed by atoms with E-state index in [0.717, 1.165) is 33.9 Å². The zero-order valence-electron chi connectivity index (χ0n) is 16.5. The molecule has 0 radical (unpaired) electrons. The van der Waals surface area contributed by atoms with E-state index < -0.39 is 5.91 Å². The van der Waals surface area contributed by atoms with Crippen LogP contribution in [0.3, 0.4) is 0 Å². The molecule has 4 rings (SSSR count). The predicted octanol–water partition coefficient (Wildman–Crippen LogP) is 8.05. The van der Waals surface area contributed by atoms with Crippen LogP contribution in [0.25, 0.3) is 11.0 Å². The van der Waals surface area contributed by atoms with E-state index in [1.807, 2.05) is 36.4 Å². The fourth-order valence-electron chi connectivity index (χ4n) is 2.91. The van der Waals surface area contributed by atoms with Crippen molar-refractivity contribution >= 4 is 107 Å². The maximum Gasteiger partial charge on any atom is 0.307 e. The van der Waals surface area contributed by atoms with Crippen molar-refractivity contribution in [2.24, 2.45) is 5.10 Å². The first-order valence-electron chi connectivity index (χ1n) is 9.38. The zero-order chi connectivity index (χ0) is 23.5. The summed E-state index contributed by atoms with van der Waals surface area (Å²) in [5, 5.41) is 5.89. The van der Waals surface area contributed by atoms with Gasteiger partial charge < -0.3 is 9.15 Å². The number of hydrazone groups is 1. The molecule has 168 valence electrons. The maximum atomic E-state index is 12.4. The van der Waals surface area contributed by atoms with Crippen LogP contribution >= 0.6 is 84.3 Å². The number of amides is 1. The van der Waals surface area contributed by atoms with Crippen molar-refractivity contribution in [2.45, 2.75) is 6.61 Å². The second kappa shape index (κ2) is 10.9. The lowest BCUT2D eigenvalue weighted by molar-refractivity contribution is 0.0929.